The van der Waals surface area contributed by atoms with Crippen LogP contribution in [0.15, 0.2) is 42.6 Å². The highest BCUT2D eigenvalue weighted by molar-refractivity contribution is 5.59. The number of hydrogen-bond acceptors (Lipinski definition) is 1. The smallest absolute Gasteiger partial charge is 0.0702 e. The molecule has 1 nitrogen and oxygen atoms in total. The van der Waals surface area contributed by atoms with Crippen LogP contribution in [0.1, 0.15) is 69.9 Å². The molecular weight excluding hydrogens is 290 g/mol. The molecule has 0 saturated heterocycles. The summed E-state index contributed by atoms with van der Waals surface area (Å²) >= 11 is 0. The van der Waals surface area contributed by atoms with Crippen molar-refractivity contribution in [1.82, 2.24) is 4.98 Å². The average Bonchev–Trinajstić information content (AvgIpc) is 2.64. The molecule has 2 aromatic rings. The van der Waals surface area contributed by atoms with Crippen LogP contribution in [-0.4, -0.2) is 4.98 Å². The molecule has 0 amide bonds. The zero-order valence-corrected chi connectivity index (χ0v) is 15.5. The zero-order chi connectivity index (χ0) is 16.9. The number of nitrogens with zero attached hydrogens (tertiary/aromatic N) is 1. The highest BCUT2D eigenvalue weighted by Gasteiger charge is 2.27. The number of benzene rings is 1. The molecule has 24 heavy (non-hydrogen) atoms. The lowest BCUT2D eigenvalue weighted by Gasteiger charge is -2.34. The zero-order valence-electron chi connectivity index (χ0n) is 15.5. The Morgan fingerprint density at radius 2 is 1.79 bits per heavy atom. The fourth-order valence-corrected chi connectivity index (χ4v) is 4.29. The highest BCUT2D eigenvalue weighted by Crippen LogP contribution is 2.41. The van der Waals surface area contributed by atoms with Crippen LogP contribution < -0.4 is 0 Å². The van der Waals surface area contributed by atoms with E-state index in [1.165, 1.54) is 48.8 Å². The summed E-state index contributed by atoms with van der Waals surface area (Å²) in [7, 11) is 0. The number of hydrogen-bond donors (Lipinski definition) is 0. The minimum absolute atomic E-state index is 0.748. The van der Waals surface area contributed by atoms with E-state index in [0.717, 1.165) is 29.9 Å². The van der Waals surface area contributed by atoms with Crippen LogP contribution >= 0.6 is 0 Å². The SMILES string of the molecule is CCC[C@@H]1CC[C@@H](c2ccc(-c3ccc(CC)cn3)cc2)C[C@H]1C. The second-order valence-electron chi connectivity index (χ2n) is 7.56. The van der Waals surface area contributed by atoms with Crippen LogP contribution in [-0.2, 0) is 6.42 Å². The van der Waals surface area contributed by atoms with Gasteiger partial charge in [-0.3, -0.25) is 4.98 Å². The third-order valence-corrected chi connectivity index (χ3v) is 5.92. The molecule has 0 unspecified atom stereocenters. The van der Waals surface area contributed by atoms with Gasteiger partial charge in [0.15, 0.2) is 0 Å². The van der Waals surface area contributed by atoms with E-state index in [4.69, 9.17) is 0 Å². The fraction of sp³-hybridized carbons (Fsp3) is 0.522. The van der Waals surface area contributed by atoms with E-state index >= 15 is 0 Å². The molecule has 1 aliphatic rings. The molecule has 0 aliphatic heterocycles. The van der Waals surface area contributed by atoms with Gasteiger partial charge in [0.2, 0.25) is 0 Å². The molecule has 0 N–H and O–H groups in total. The molecule has 1 saturated carbocycles. The summed E-state index contributed by atoms with van der Waals surface area (Å²) < 4.78 is 0. The number of pyridine rings is 1. The van der Waals surface area contributed by atoms with Crippen molar-refractivity contribution in [2.45, 2.75) is 65.2 Å². The molecule has 3 atom stereocenters. The van der Waals surface area contributed by atoms with Crippen LogP contribution in [0, 0.1) is 11.8 Å². The van der Waals surface area contributed by atoms with Crippen molar-refractivity contribution in [1.29, 1.82) is 0 Å². The van der Waals surface area contributed by atoms with Crippen molar-refractivity contribution in [2.24, 2.45) is 11.8 Å². The molecule has 1 aromatic heterocycles. The molecule has 1 heterocycles. The van der Waals surface area contributed by atoms with Crippen LogP contribution in [0.25, 0.3) is 11.3 Å². The first kappa shape index (κ1) is 17.2. The summed E-state index contributed by atoms with van der Waals surface area (Å²) in [6, 6.07) is 13.5. The maximum absolute atomic E-state index is 4.60. The number of aryl methyl sites for hydroxylation is 1. The molecule has 1 fully saturated rings. The predicted molar refractivity (Wildman–Crippen MR) is 103 cm³/mol. The van der Waals surface area contributed by atoms with E-state index in [1.807, 2.05) is 6.20 Å². The van der Waals surface area contributed by atoms with Gasteiger partial charge in [0.1, 0.15) is 0 Å². The van der Waals surface area contributed by atoms with Crippen molar-refractivity contribution < 1.29 is 0 Å². The number of aromatic nitrogens is 1. The second-order valence-corrected chi connectivity index (χ2v) is 7.56. The summed E-state index contributed by atoms with van der Waals surface area (Å²) in [6.45, 7) is 6.94. The van der Waals surface area contributed by atoms with Gasteiger partial charge < -0.3 is 0 Å². The van der Waals surface area contributed by atoms with Crippen LogP contribution in [0.2, 0.25) is 0 Å². The molecule has 0 bridgehead atoms. The van der Waals surface area contributed by atoms with Crippen LogP contribution in [0.3, 0.4) is 0 Å². The lowest BCUT2D eigenvalue weighted by Crippen LogP contribution is -2.21. The summed E-state index contributed by atoms with van der Waals surface area (Å²) in [5.74, 6) is 2.57. The van der Waals surface area contributed by atoms with E-state index in [2.05, 4.69) is 62.2 Å². The van der Waals surface area contributed by atoms with Gasteiger partial charge in [0.05, 0.1) is 5.69 Å². The highest BCUT2D eigenvalue weighted by atomic mass is 14.7. The quantitative estimate of drug-likeness (QED) is 0.602. The lowest BCUT2D eigenvalue weighted by molar-refractivity contribution is 0.218. The van der Waals surface area contributed by atoms with Crippen LogP contribution in [0.4, 0.5) is 0 Å². The maximum Gasteiger partial charge on any atom is 0.0702 e. The van der Waals surface area contributed by atoms with Crippen molar-refractivity contribution in [2.75, 3.05) is 0 Å². The van der Waals surface area contributed by atoms with Gasteiger partial charge in [-0.1, -0.05) is 63.9 Å². The maximum atomic E-state index is 4.60. The lowest BCUT2D eigenvalue weighted by atomic mass is 9.71. The topological polar surface area (TPSA) is 12.9 Å². The molecule has 1 aromatic carbocycles. The first-order chi connectivity index (χ1) is 11.7. The summed E-state index contributed by atoms with van der Waals surface area (Å²) in [6.07, 6.45) is 9.90. The molecular formula is C23H31N. The van der Waals surface area contributed by atoms with Crippen LogP contribution in [0.5, 0.6) is 0 Å². The second kappa shape index (κ2) is 7.96. The van der Waals surface area contributed by atoms with Crippen molar-refractivity contribution in [3.8, 4) is 11.3 Å². The Morgan fingerprint density at radius 1 is 1.00 bits per heavy atom. The Balaban J connectivity index is 1.68. The molecule has 0 radical (unpaired) electrons. The fourth-order valence-electron chi connectivity index (χ4n) is 4.29. The molecule has 0 spiro atoms. The van der Waals surface area contributed by atoms with Crippen molar-refractivity contribution in [3.63, 3.8) is 0 Å². The Morgan fingerprint density at radius 3 is 2.38 bits per heavy atom. The predicted octanol–water partition coefficient (Wildman–Crippen LogP) is 6.63. The van der Waals surface area contributed by atoms with E-state index < -0.39 is 0 Å². The Hall–Kier alpha value is -1.63. The summed E-state index contributed by atoms with van der Waals surface area (Å²) in [4.78, 5) is 4.60. The van der Waals surface area contributed by atoms with Crippen molar-refractivity contribution >= 4 is 0 Å². The minimum atomic E-state index is 0.748. The molecule has 1 heteroatoms. The largest absolute Gasteiger partial charge is 0.256 e. The Bertz CT molecular complexity index is 626. The average molecular weight is 322 g/mol. The summed E-state index contributed by atoms with van der Waals surface area (Å²) in [5.41, 5.74) is 5.13. The van der Waals surface area contributed by atoms with Gasteiger partial charge in [-0.15, -0.1) is 0 Å². The van der Waals surface area contributed by atoms with Gasteiger partial charge in [-0.25, -0.2) is 0 Å². The first-order valence-electron chi connectivity index (χ1n) is 9.76. The van der Waals surface area contributed by atoms with E-state index in [0.29, 0.717) is 0 Å². The van der Waals surface area contributed by atoms with Gasteiger partial charge in [0.25, 0.3) is 0 Å². The molecule has 3 rings (SSSR count). The standard InChI is InChI=1S/C23H31N/c1-4-6-19-8-13-22(15-17(19)3)20-9-11-21(12-10-20)23-14-7-18(5-2)16-24-23/h7,9-12,14,16-17,19,22H,4-6,8,13,15H2,1-3H3/t17-,19-,22-/m1/s1. The third kappa shape index (κ3) is 3.88. The first-order valence-corrected chi connectivity index (χ1v) is 9.76. The van der Waals surface area contributed by atoms with E-state index in [1.54, 1.807) is 0 Å². The Kier molecular flexibility index (Phi) is 5.71. The van der Waals surface area contributed by atoms with E-state index in [-0.39, 0.29) is 0 Å². The third-order valence-electron chi connectivity index (χ3n) is 5.92. The van der Waals surface area contributed by atoms with Gasteiger partial charge >= 0.3 is 0 Å². The molecule has 128 valence electrons. The van der Waals surface area contributed by atoms with Gasteiger partial charge in [-0.2, -0.15) is 0 Å². The van der Waals surface area contributed by atoms with E-state index in [9.17, 15) is 0 Å². The summed E-state index contributed by atoms with van der Waals surface area (Å²) in [5, 5.41) is 0. The van der Waals surface area contributed by atoms with Crippen molar-refractivity contribution in [3.05, 3.63) is 53.7 Å². The number of rotatable bonds is 5. The van der Waals surface area contributed by atoms with Gasteiger partial charge in [0, 0.05) is 11.8 Å². The minimum Gasteiger partial charge on any atom is -0.256 e. The molecule has 1 aliphatic carbocycles. The Labute approximate surface area is 147 Å². The normalized spacial score (nSPS) is 24.0. The van der Waals surface area contributed by atoms with Gasteiger partial charge in [-0.05, 0) is 60.6 Å². The monoisotopic (exact) mass is 321 g/mol.